The van der Waals surface area contributed by atoms with E-state index in [1.165, 1.54) is 0 Å². The van der Waals surface area contributed by atoms with Crippen LogP contribution in [0.25, 0.3) is 0 Å². The van der Waals surface area contributed by atoms with E-state index < -0.39 is 11.8 Å². The van der Waals surface area contributed by atoms with Gasteiger partial charge in [0.05, 0.1) is 0 Å². The van der Waals surface area contributed by atoms with Crippen LogP contribution >= 0.6 is 0 Å². The second-order valence-electron chi connectivity index (χ2n) is 2.85. The SMILES string of the molecule is NCCCCCC/C=C(\F)C(=O)O. The molecule has 0 saturated carbocycles. The Labute approximate surface area is 77.4 Å². The zero-order valence-electron chi connectivity index (χ0n) is 7.63. The largest absolute Gasteiger partial charge is 0.476 e. The highest BCUT2D eigenvalue weighted by Crippen LogP contribution is 2.06. The summed E-state index contributed by atoms with van der Waals surface area (Å²) in [7, 11) is 0. The van der Waals surface area contributed by atoms with Gasteiger partial charge in [-0.2, -0.15) is 4.39 Å². The molecular weight excluding hydrogens is 173 g/mol. The summed E-state index contributed by atoms with van der Waals surface area (Å²) in [6.07, 6.45) is 5.40. The van der Waals surface area contributed by atoms with E-state index in [-0.39, 0.29) is 0 Å². The third-order valence-corrected chi connectivity index (χ3v) is 1.69. The second-order valence-corrected chi connectivity index (χ2v) is 2.85. The number of carboxylic acids is 1. The molecule has 13 heavy (non-hydrogen) atoms. The topological polar surface area (TPSA) is 63.3 Å². The Bertz CT molecular complexity index is 180. The Morgan fingerprint density at radius 2 is 1.92 bits per heavy atom. The lowest BCUT2D eigenvalue weighted by Crippen LogP contribution is -1.97. The minimum absolute atomic E-state index is 0.489. The van der Waals surface area contributed by atoms with E-state index >= 15 is 0 Å². The van der Waals surface area contributed by atoms with Crippen molar-refractivity contribution >= 4 is 5.97 Å². The average Bonchev–Trinajstić information content (AvgIpc) is 2.10. The van der Waals surface area contributed by atoms with Crippen molar-refractivity contribution in [2.45, 2.75) is 32.1 Å². The van der Waals surface area contributed by atoms with Crippen molar-refractivity contribution in [1.82, 2.24) is 0 Å². The van der Waals surface area contributed by atoms with Crippen molar-refractivity contribution in [2.75, 3.05) is 6.54 Å². The van der Waals surface area contributed by atoms with E-state index in [0.29, 0.717) is 13.0 Å². The number of carbonyl (C=O) groups is 1. The molecule has 0 fully saturated rings. The molecule has 0 aromatic heterocycles. The number of hydrogen-bond donors (Lipinski definition) is 2. The van der Waals surface area contributed by atoms with Gasteiger partial charge in [0.1, 0.15) is 0 Å². The molecule has 0 bridgehead atoms. The zero-order chi connectivity index (χ0) is 10.1. The number of aliphatic carboxylic acids is 1. The first-order chi connectivity index (χ1) is 6.18. The van der Waals surface area contributed by atoms with Crippen molar-refractivity contribution in [3.8, 4) is 0 Å². The number of unbranched alkanes of at least 4 members (excludes halogenated alkanes) is 4. The second kappa shape index (κ2) is 7.73. The fourth-order valence-corrected chi connectivity index (χ4v) is 0.958. The summed E-state index contributed by atoms with van der Waals surface area (Å²) < 4.78 is 12.3. The van der Waals surface area contributed by atoms with Gasteiger partial charge in [0.15, 0.2) is 0 Å². The Morgan fingerprint density at radius 3 is 2.46 bits per heavy atom. The highest BCUT2D eigenvalue weighted by Gasteiger charge is 2.02. The van der Waals surface area contributed by atoms with Crippen LogP contribution in [-0.4, -0.2) is 17.6 Å². The summed E-state index contributed by atoms with van der Waals surface area (Å²) in [5, 5.41) is 8.16. The van der Waals surface area contributed by atoms with Gasteiger partial charge in [0, 0.05) is 0 Å². The van der Waals surface area contributed by atoms with Crippen molar-refractivity contribution < 1.29 is 14.3 Å². The molecule has 0 saturated heterocycles. The first-order valence-corrected chi connectivity index (χ1v) is 4.47. The molecular formula is C9H16FNO2. The van der Waals surface area contributed by atoms with Gasteiger partial charge in [0.2, 0.25) is 5.83 Å². The summed E-state index contributed by atoms with van der Waals surface area (Å²) >= 11 is 0. The maximum atomic E-state index is 12.3. The lowest BCUT2D eigenvalue weighted by atomic mass is 10.1. The van der Waals surface area contributed by atoms with Crippen molar-refractivity contribution in [1.29, 1.82) is 0 Å². The first kappa shape index (κ1) is 12.1. The van der Waals surface area contributed by atoms with Crippen LogP contribution in [0.2, 0.25) is 0 Å². The molecule has 0 amide bonds. The molecule has 0 aliphatic rings. The quantitative estimate of drug-likeness (QED) is 0.474. The molecule has 0 spiro atoms. The Hall–Kier alpha value is -0.900. The maximum absolute atomic E-state index is 12.3. The molecule has 0 heterocycles. The Kier molecular flexibility index (Phi) is 7.20. The Morgan fingerprint density at radius 1 is 1.31 bits per heavy atom. The molecule has 0 atom stereocenters. The molecule has 0 radical (unpaired) electrons. The molecule has 76 valence electrons. The standard InChI is InChI=1S/C9H16FNO2/c10-8(9(12)13)6-4-2-1-3-5-7-11/h6H,1-5,7,11H2,(H,12,13)/b8-6-. The zero-order valence-corrected chi connectivity index (χ0v) is 7.63. The van der Waals surface area contributed by atoms with Gasteiger partial charge in [-0.25, -0.2) is 4.79 Å². The lowest BCUT2D eigenvalue weighted by molar-refractivity contribution is -0.134. The van der Waals surface area contributed by atoms with Gasteiger partial charge in [-0.3, -0.25) is 0 Å². The van der Waals surface area contributed by atoms with Gasteiger partial charge in [-0.15, -0.1) is 0 Å². The molecule has 4 heteroatoms. The third kappa shape index (κ3) is 7.46. The summed E-state index contributed by atoms with van der Waals surface area (Å²) in [6.45, 7) is 0.680. The molecule has 0 aliphatic carbocycles. The van der Waals surface area contributed by atoms with Crippen LogP contribution in [-0.2, 0) is 4.79 Å². The van der Waals surface area contributed by atoms with Crippen LogP contribution in [0.1, 0.15) is 32.1 Å². The fraction of sp³-hybridized carbons (Fsp3) is 0.667. The van der Waals surface area contributed by atoms with Gasteiger partial charge in [0.25, 0.3) is 0 Å². The van der Waals surface area contributed by atoms with E-state index in [1.807, 2.05) is 0 Å². The van der Waals surface area contributed by atoms with Gasteiger partial charge < -0.3 is 10.8 Å². The van der Waals surface area contributed by atoms with Gasteiger partial charge in [-0.1, -0.05) is 12.8 Å². The average molecular weight is 189 g/mol. The molecule has 0 rings (SSSR count). The fourth-order valence-electron chi connectivity index (χ4n) is 0.958. The van der Waals surface area contributed by atoms with E-state index in [9.17, 15) is 9.18 Å². The minimum atomic E-state index is -1.48. The number of nitrogens with two attached hydrogens (primary N) is 1. The third-order valence-electron chi connectivity index (χ3n) is 1.69. The molecule has 3 N–H and O–H groups in total. The molecule has 0 aliphatic heterocycles. The highest BCUT2D eigenvalue weighted by atomic mass is 19.1. The minimum Gasteiger partial charge on any atom is -0.476 e. The first-order valence-electron chi connectivity index (χ1n) is 4.47. The van der Waals surface area contributed by atoms with E-state index in [2.05, 4.69) is 0 Å². The number of allylic oxidation sites excluding steroid dienone is 1. The predicted octanol–water partition coefficient (Wildman–Crippen LogP) is 1.83. The number of carboxylic acid groups (broad SMARTS) is 1. The molecule has 3 nitrogen and oxygen atoms in total. The number of hydrogen-bond acceptors (Lipinski definition) is 2. The maximum Gasteiger partial charge on any atom is 0.364 e. The summed E-state index contributed by atoms with van der Waals surface area (Å²) in [5.74, 6) is -2.54. The van der Waals surface area contributed by atoms with Crippen LogP contribution in [0.15, 0.2) is 11.9 Å². The van der Waals surface area contributed by atoms with Crippen molar-refractivity contribution in [3.63, 3.8) is 0 Å². The predicted molar refractivity (Wildman–Crippen MR) is 49.0 cm³/mol. The van der Waals surface area contributed by atoms with Crippen LogP contribution in [0, 0.1) is 0 Å². The van der Waals surface area contributed by atoms with Crippen LogP contribution < -0.4 is 5.73 Å². The molecule has 0 aromatic carbocycles. The van der Waals surface area contributed by atoms with Crippen LogP contribution in [0.3, 0.4) is 0 Å². The van der Waals surface area contributed by atoms with Gasteiger partial charge in [-0.05, 0) is 31.9 Å². The number of halogens is 1. The van der Waals surface area contributed by atoms with Crippen molar-refractivity contribution in [2.24, 2.45) is 5.73 Å². The highest BCUT2D eigenvalue weighted by molar-refractivity contribution is 5.83. The van der Waals surface area contributed by atoms with E-state index in [1.54, 1.807) is 0 Å². The Balaban J connectivity index is 3.34. The summed E-state index contributed by atoms with van der Waals surface area (Å²) in [6, 6.07) is 0. The number of rotatable bonds is 7. The van der Waals surface area contributed by atoms with E-state index in [0.717, 1.165) is 31.8 Å². The summed E-state index contributed by atoms with van der Waals surface area (Å²) in [4.78, 5) is 10.0. The van der Waals surface area contributed by atoms with Crippen LogP contribution in [0.5, 0.6) is 0 Å². The van der Waals surface area contributed by atoms with Crippen LogP contribution in [0.4, 0.5) is 4.39 Å². The lowest BCUT2D eigenvalue weighted by Gasteiger charge is -1.96. The monoisotopic (exact) mass is 189 g/mol. The molecule has 0 aromatic rings. The van der Waals surface area contributed by atoms with Crippen molar-refractivity contribution in [3.05, 3.63) is 11.9 Å². The molecule has 0 unspecified atom stereocenters. The normalized spacial score (nSPS) is 11.7. The smallest absolute Gasteiger partial charge is 0.364 e. The summed E-state index contributed by atoms with van der Waals surface area (Å²) in [5.41, 5.74) is 5.28. The van der Waals surface area contributed by atoms with E-state index in [4.69, 9.17) is 10.8 Å². The van der Waals surface area contributed by atoms with Gasteiger partial charge >= 0.3 is 5.97 Å².